The Morgan fingerprint density at radius 3 is 2.59 bits per heavy atom. The summed E-state index contributed by atoms with van der Waals surface area (Å²) in [4.78, 5) is 14.5. The molecular weight excluding hydrogens is 456 g/mol. The maximum Gasteiger partial charge on any atom is 0.201 e. The van der Waals surface area contributed by atoms with Crippen molar-refractivity contribution in [3.63, 3.8) is 0 Å². The zero-order valence-electron chi connectivity index (χ0n) is 20.7. The molecule has 5 aliphatic heterocycles. The van der Waals surface area contributed by atoms with E-state index in [0.717, 1.165) is 31.5 Å². The van der Waals surface area contributed by atoms with Crippen LogP contribution in [-0.4, -0.2) is 60.2 Å². The summed E-state index contributed by atoms with van der Waals surface area (Å²) in [7, 11) is -0.782. The summed E-state index contributed by atoms with van der Waals surface area (Å²) in [5.41, 5.74) is 1.78. The van der Waals surface area contributed by atoms with Crippen molar-refractivity contribution in [1.29, 1.82) is 0 Å². The minimum Gasteiger partial charge on any atom is -0.348 e. The maximum atomic E-state index is 11.8. The first-order valence-electron chi connectivity index (χ1n) is 12.9. The van der Waals surface area contributed by atoms with Gasteiger partial charge in [0.1, 0.15) is 6.10 Å². The van der Waals surface area contributed by atoms with Crippen molar-refractivity contribution < 1.29 is 27.7 Å². The smallest absolute Gasteiger partial charge is 0.201 e. The minimum absolute atomic E-state index is 0.0956. The van der Waals surface area contributed by atoms with Crippen LogP contribution < -0.4 is 0 Å². The molecule has 6 aliphatic rings. The van der Waals surface area contributed by atoms with E-state index in [0.29, 0.717) is 30.8 Å². The third-order valence-corrected chi connectivity index (χ3v) is 11.1. The largest absolute Gasteiger partial charge is 0.348 e. The molecule has 8 atom stereocenters. The molecule has 5 saturated heterocycles. The van der Waals surface area contributed by atoms with Crippen molar-refractivity contribution in [3.8, 4) is 0 Å². The van der Waals surface area contributed by atoms with Crippen molar-refractivity contribution >= 4 is 9.84 Å². The molecule has 1 aromatic rings. The SMILES string of the molecule is C[C@H]1[C@H](c2ccc(CN3CCS(=O)(=O)CC3)n2C)O[C@@H]2O[C@]3(C)CC[C@H]4[C@H](C)CC[C@@H]1[C@@]24OO3. The fourth-order valence-electron chi connectivity index (χ4n) is 7.40. The van der Waals surface area contributed by atoms with Gasteiger partial charge in [-0.2, -0.15) is 0 Å². The van der Waals surface area contributed by atoms with E-state index < -0.39 is 27.5 Å². The first-order valence-corrected chi connectivity index (χ1v) is 14.7. The molecule has 8 nitrogen and oxygen atoms in total. The first-order chi connectivity index (χ1) is 16.1. The van der Waals surface area contributed by atoms with Crippen LogP contribution in [0.25, 0.3) is 0 Å². The van der Waals surface area contributed by atoms with Gasteiger partial charge < -0.3 is 14.0 Å². The molecule has 1 saturated carbocycles. The number of ether oxygens (including phenoxy) is 2. The van der Waals surface area contributed by atoms with Gasteiger partial charge in [-0.3, -0.25) is 4.90 Å². The summed E-state index contributed by atoms with van der Waals surface area (Å²) in [6.07, 6.45) is 3.58. The summed E-state index contributed by atoms with van der Waals surface area (Å²) in [5, 5.41) is 0. The second-order valence-electron chi connectivity index (χ2n) is 11.6. The highest BCUT2D eigenvalue weighted by Gasteiger charge is 2.69. The van der Waals surface area contributed by atoms with Crippen LogP contribution in [0.2, 0.25) is 0 Å². The van der Waals surface area contributed by atoms with Gasteiger partial charge in [0, 0.05) is 50.4 Å². The molecule has 2 bridgehead atoms. The Bertz CT molecular complexity index is 1040. The predicted molar refractivity (Wildman–Crippen MR) is 125 cm³/mol. The van der Waals surface area contributed by atoms with E-state index in [1.54, 1.807) is 0 Å². The molecule has 0 radical (unpaired) electrons. The van der Waals surface area contributed by atoms with Crippen molar-refractivity contribution in [2.75, 3.05) is 24.6 Å². The highest BCUT2D eigenvalue weighted by Crippen LogP contribution is 2.62. The fraction of sp³-hybridized carbons (Fsp3) is 0.840. The van der Waals surface area contributed by atoms with E-state index in [-0.39, 0.29) is 23.5 Å². The molecule has 0 amide bonds. The van der Waals surface area contributed by atoms with Gasteiger partial charge in [-0.25, -0.2) is 18.2 Å². The van der Waals surface area contributed by atoms with Gasteiger partial charge in [0.15, 0.2) is 21.7 Å². The molecule has 1 spiro atoms. The maximum absolute atomic E-state index is 11.8. The van der Waals surface area contributed by atoms with Gasteiger partial charge in [0.2, 0.25) is 5.79 Å². The van der Waals surface area contributed by atoms with Crippen molar-refractivity contribution in [2.24, 2.45) is 30.7 Å². The first kappa shape index (κ1) is 23.4. The molecule has 0 unspecified atom stereocenters. The average molecular weight is 495 g/mol. The zero-order valence-corrected chi connectivity index (χ0v) is 21.6. The van der Waals surface area contributed by atoms with E-state index in [1.165, 1.54) is 12.1 Å². The topological polar surface area (TPSA) is 79.2 Å². The third-order valence-electron chi connectivity index (χ3n) is 9.54. The molecule has 1 aliphatic carbocycles. The normalized spacial score (nSPS) is 46.1. The summed E-state index contributed by atoms with van der Waals surface area (Å²) in [6, 6.07) is 4.33. The lowest BCUT2D eigenvalue weighted by Crippen LogP contribution is -2.69. The van der Waals surface area contributed by atoms with Gasteiger partial charge in [-0.1, -0.05) is 13.8 Å². The Labute approximate surface area is 202 Å². The number of fused-ring (bicyclic) bond motifs is 2. The minimum atomic E-state index is -2.88. The van der Waals surface area contributed by atoms with Crippen LogP contribution in [0.3, 0.4) is 0 Å². The van der Waals surface area contributed by atoms with Crippen molar-refractivity contribution in [3.05, 3.63) is 23.5 Å². The number of aromatic nitrogens is 1. The highest BCUT2D eigenvalue weighted by molar-refractivity contribution is 7.91. The quantitative estimate of drug-likeness (QED) is 0.597. The molecule has 0 aromatic carbocycles. The second-order valence-corrected chi connectivity index (χ2v) is 13.9. The van der Waals surface area contributed by atoms with Gasteiger partial charge >= 0.3 is 0 Å². The Hall–Kier alpha value is -0.970. The molecule has 6 heterocycles. The lowest BCUT2D eigenvalue weighted by atomic mass is 9.57. The number of hydrogen-bond acceptors (Lipinski definition) is 7. The number of sulfone groups is 1. The molecule has 9 heteroatoms. The summed E-state index contributed by atoms with van der Waals surface area (Å²) in [6.45, 7) is 8.52. The van der Waals surface area contributed by atoms with E-state index in [2.05, 4.69) is 42.5 Å². The van der Waals surface area contributed by atoms with Crippen LogP contribution in [0.5, 0.6) is 0 Å². The van der Waals surface area contributed by atoms with Crippen LogP contribution >= 0.6 is 0 Å². The molecule has 0 N–H and O–H groups in total. The summed E-state index contributed by atoms with van der Waals surface area (Å²) >= 11 is 0. The van der Waals surface area contributed by atoms with Crippen LogP contribution in [0.4, 0.5) is 0 Å². The monoisotopic (exact) mass is 494 g/mol. The molecule has 190 valence electrons. The van der Waals surface area contributed by atoms with E-state index in [9.17, 15) is 8.42 Å². The highest BCUT2D eigenvalue weighted by atomic mass is 32.2. The predicted octanol–water partition coefficient (Wildman–Crippen LogP) is 3.18. The fourth-order valence-corrected chi connectivity index (χ4v) is 8.67. The van der Waals surface area contributed by atoms with Gasteiger partial charge in [0.05, 0.1) is 11.5 Å². The Balaban J connectivity index is 1.28. The Morgan fingerprint density at radius 1 is 1.06 bits per heavy atom. The third kappa shape index (κ3) is 3.53. The zero-order chi connectivity index (χ0) is 23.9. The Morgan fingerprint density at radius 2 is 1.82 bits per heavy atom. The lowest BCUT2D eigenvalue weighted by Gasteiger charge is -2.60. The molecule has 1 aromatic heterocycles. The van der Waals surface area contributed by atoms with Crippen LogP contribution in [0, 0.1) is 23.7 Å². The van der Waals surface area contributed by atoms with Gasteiger partial charge in [-0.05, 0) is 56.1 Å². The number of hydrogen-bond donors (Lipinski definition) is 0. The average Bonchev–Trinajstić information content (AvgIpc) is 2.98. The molecule has 6 fully saturated rings. The summed E-state index contributed by atoms with van der Waals surface area (Å²) < 4.78 is 39.2. The van der Waals surface area contributed by atoms with Gasteiger partial charge in [0.25, 0.3) is 0 Å². The van der Waals surface area contributed by atoms with E-state index >= 15 is 0 Å². The van der Waals surface area contributed by atoms with E-state index in [4.69, 9.17) is 19.2 Å². The van der Waals surface area contributed by atoms with Crippen LogP contribution in [0.15, 0.2) is 12.1 Å². The second kappa shape index (κ2) is 8.02. The number of rotatable bonds is 3. The molecule has 34 heavy (non-hydrogen) atoms. The lowest BCUT2D eigenvalue weighted by molar-refractivity contribution is -0.571. The number of nitrogens with zero attached hydrogens (tertiary/aromatic N) is 2. The standard InChI is InChI=1S/C25H38N2O6S/c1-16-5-7-20-17(2)22(30-23-25(20)19(16)9-10-24(3,31-23)32-33-25)21-8-6-18(26(21)4)15-27-11-13-34(28,29)14-12-27/h6,8,16-17,19-20,22-23H,5,7,9-15H2,1-4H3/t16-,17-,19+,20+,22-,23-,24+,25-/m1/s1. The van der Waals surface area contributed by atoms with E-state index in [1.807, 2.05) is 6.92 Å². The summed E-state index contributed by atoms with van der Waals surface area (Å²) in [5.74, 6) is 1.19. The van der Waals surface area contributed by atoms with Crippen molar-refractivity contribution in [2.45, 2.75) is 76.8 Å². The van der Waals surface area contributed by atoms with Crippen molar-refractivity contribution in [1.82, 2.24) is 9.47 Å². The molecule has 7 rings (SSSR count). The molecular formula is C25H38N2O6S. The Kier molecular flexibility index (Phi) is 5.52. The van der Waals surface area contributed by atoms with Crippen LogP contribution in [-0.2, 0) is 42.7 Å². The van der Waals surface area contributed by atoms with Crippen LogP contribution in [0.1, 0.15) is 63.9 Å². The van der Waals surface area contributed by atoms with Gasteiger partial charge in [-0.15, -0.1) is 0 Å².